The van der Waals surface area contributed by atoms with Crippen molar-refractivity contribution in [1.29, 1.82) is 0 Å². The summed E-state index contributed by atoms with van der Waals surface area (Å²) in [6.45, 7) is 6.72. The molecule has 0 radical (unpaired) electrons. The van der Waals surface area contributed by atoms with Crippen molar-refractivity contribution in [2.75, 3.05) is 19.7 Å². The van der Waals surface area contributed by atoms with Gasteiger partial charge in [-0.05, 0) is 70.6 Å². The summed E-state index contributed by atoms with van der Waals surface area (Å²) in [4.78, 5) is 14.2. The van der Waals surface area contributed by atoms with Crippen LogP contribution in [0, 0.1) is 5.92 Å². The summed E-state index contributed by atoms with van der Waals surface area (Å²) in [7, 11) is 0. The van der Waals surface area contributed by atoms with Crippen LogP contribution in [0.3, 0.4) is 0 Å². The van der Waals surface area contributed by atoms with Crippen molar-refractivity contribution >= 4 is 17.7 Å². The normalized spacial score (nSPS) is 20.2. The largest absolute Gasteiger partial charge is 0.444 e. The van der Waals surface area contributed by atoms with Gasteiger partial charge in [-0.25, -0.2) is 4.79 Å². The molecule has 1 aliphatic heterocycles. The summed E-state index contributed by atoms with van der Waals surface area (Å²) >= 11 is 6.17. The van der Waals surface area contributed by atoms with Gasteiger partial charge >= 0.3 is 6.09 Å². The monoisotopic (exact) mass is 397 g/mol. The first-order valence-corrected chi connectivity index (χ1v) is 10.1. The van der Waals surface area contributed by atoms with Crippen molar-refractivity contribution in [1.82, 2.24) is 4.90 Å². The standard InChI is InChI=1S/C21H32ClNO4/c1-20(2,3)27-19(25)23-12-7-9-17(15-23)21(26,11-4-5-13-24)16-8-6-10-18(22)14-16/h6,8,10,14,17,24,26H,4-5,7,9,11-13,15H2,1-3H3/t17-,21-/m1/s1. The molecule has 2 atom stereocenters. The molecule has 0 aliphatic carbocycles. The highest BCUT2D eigenvalue weighted by molar-refractivity contribution is 6.30. The van der Waals surface area contributed by atoms with Gasteiger partial charge in [-0.2, -0.15) is 0 Å². The number of aliphatic hydroxyl groups is 2. The molecule has 6 heteroatoms. The Bertz CT molecular complexity index is 631. The number of aliphatic hydroxyl groups excluding tert-OH is 1. The number of hydrogen-bond acceptors (Lipinski definition) is 4. The molecule has 1 aromatic rings. The summed E-state index contributed by atoms with van der Waals surface area (Å²) in [5.41, 5.74) is -0.876. The molecule has 0 unspecified atom stereocenters. The maximum absolute atomic E-state index is 12.5. The molecule has 0 saturated carbocycles. The first-order valence-electron chi connectivity index (χ1n) is 9.73. The van der Waals surface area contributed by atoms with E-state index < -0.39 is 11.2 Å². The smallest absolute Gasteiger partial charge is 0.410 e. The lowest BCUT2D eigenvalue weighted by molar-refractivity contribution is -0.0640. The van der Waals surface area contributed by atoms with E-state index in [1.54, 1.807) is 17.0 Å². The Morgan fingerprint density at radius 1 is 1.33 bits per heavy atom. The molecular formula is C21H32ClNO4. The molecular weight excluding hydrogens is 366 g/mol. The number of ether oxygens (including phenoxy) is 1. The Morgan fingerprint density at radius 2 is 2.07 bits per heavy atom. The molecule has 1 amide bonds. The molecule has 1 heterocycles. The Labute approximate surface area is 167 Å². The summed E-state index contributed by atoms with van der Waals surface area (Å²) in [6.07, 6.45) is 3.14. The Kier molecular flexibility index (Phi) is 7.55. The van der Waals surface area contributed by atoms with E-state index >= 15 is 0 Å². The van der Waals surface area contributed by atoms with E-state index in [9.17, 15) is 9.90 Å². The first kappa shape index (κ1) is 22.0. The Balaban J connectivity index is 2.22. The molecule has 1 aromatic carbocycles. The van der Waals surface area contributed by atoms with Crippen molar-refractivity contribution in [2.45, 2.75) is 64.1 Å². The second-order valence-corrected chi connectivity index (χ2v) is 8.82. The molecule has 0 spiro atoms. The Hall–Kier alpha value is -1.30. The SMILES string of the molecule is CC(C)(C)OC(=O)N1CCC[C@@H]([C@@](O)(CCCCO)c2cccc(Cl)c2)C1. The average molecular weight is 398 g/mol. The number of unbranched alkanes of at least 4 members (excludes halogenated alkanes) is 1. The van der Waals surface area contributed by atoms with Crippen molar-refractivity contribution in [3.8, 4) is 0 Å². The van der Waals surface area contributed by atoms with E-state index in [4.69, 9.17) is 21.4 Å². The van der Waals surface area contributed by atoms with Crippen LogP contribution in [0.25, 0.3) is 0 Å². The van der Waals surface area contributed by atoms with Crippen molar-refractivity contribution in [3.05, 3.63) is 34.9 Å². The minimum absolute atomic E-state index is 0.0975. The van der Waals surface area contributed by atoms with Crippen LogP contribution in [0.15, 0.2) is 24.3 Å². The number of carbonyl (C=O) groups excluding carboxylic acids is 1. The van der Waals surface area contributed by atoms with Crippen LogP contribution in [0.1, 0.15) is 58.4 Å². The number of carbonyl (C=O) groups is 1. The van der Waals surface area contributed by atoms with Crippen LogP contribution in [-0.4, -0.2) is 46.5 Å². The molecule has 1 aliphatic rings. The van der Waals surface area contributed by atoms with E-state index in [0.29, 0.717) is 37.4 Å². The van der Waals surface area contributed by atoms with Gasteiger partial charge < -0.3 is 19.8 Å². The third-order valence-corrected chi connectivity index (χ3v) is 5.27. The number of nitrogens with zero attached hydrogens (tertiary/aromatic N) is 1. The fraction of sp³-hybridized carbons (Fsp3) is 0.667. The number of rotatable bonds is 6. The van der Waals surface area contributed by atoms with Crippen LogP contribution >= 0.6 is 11.6 Å². The van der Waals surface area contributed by atoms with Crippen molar-refractivity contribution in [2.24, 2.45) is 5.92 Å². The van der Waals surface area contributed by atoms with Gasteiger partial charge in [0.25, 0.3) is 0 Å². The fourth-order valence-electron chi connectivity index (χ4n) is 3.71. The van der Waals surface area contributed by atoms with Crippen LogP contribution in [0.5, 0.6) is 0 Å². The van der Waals surface area contributed by atoms with Gasteiger partial charge in [0.2, 0.25) is 0 Å². The highest BCUT2D eigenvalue weighted by Crippen LogP contribution is 2.40. The van der Waals surface area contributed by atoms with Crippen LogP contribution < -0.4 is 0 Å². The number of likely N-dealkylation sites (tertiary alicyclic amines) is 1. The lowest BCUT2D eigenvalue weighted by atomic mass is 9.74. The van der Waals surface area contributed by atoms with E-state index in [1.165, 1.54) is 0 Å². The first-order chi connectivity index (χ1) is 12.7. The predicted octanol–water partition coefficient (Wildman–Crippen LogP) is 4.34. The highest BCUT2D eigenvalue weighted by atomic mass is 35.5. The van der Waals surface area contributed by atoms with E-state index in [2.05, 4.69) is 0 Å². The van der Waals surface area contributed by atoms with Gasteiger partial charge in [0.05, 0.1) is 5.60 Å². The predicted molar refractivity (Wildman–Crippen MR) is 107 cm³/mol. The van der Waals surface area contributed by atoms with Gasteiger partial charge in [0.15, 0.2) is 0 Å². The second-order valence-electron chi connectivity index (χ2n) is 8.38. The second kappa shape index (κ2) is 9.26. The van der Waals surface area contributed by atoms with Crippen LogP contribution in [0.4, 0.5) is 4.79 Å². The quantitative estimate of drug-likeness (QED) is 0.700. The van der Waals surface area contributed by atoms with Crippen molar-refractivity contribution < 1.29 is 19.7 Å². The molecule has 2 rings (SSSR count). The summed E-state index contributed by atoms with van der Waals surface area (Å²) in [5.74, 6) is -0.115. The van der Waals surface area contributed by atoms with Crippen molar-refractivity contribution in [3.63, 3.8) is 0 Å². The van der Waals surface area contributed by atoms with Gasteiger partial charge in [0, 0.05) is 30.6 Å². The lowest BCUT2D eigenvalue weighted by Gasteiger charge is -2.43. The van der Waals surface area contributed by atoms with Gasteiger partial charge in [0.1, 0.15) is 5.60 Å². The zero-order valence-electron chi connectivity index (χ0n) is 16.6. The molecule has 1 saturated heterocycles. The summed E-state index contributed by atoms with van der Waals surface area (Å²) < 4.78 is 5.51. The van der Waals surface area contributed by atoms with Gasteiger partial charge in [-0.3, -0.25) is 0 Å². The number of amides is 1. The molecule has 27 heavy (non-hydrogen) atoms. The molecule has 0 bridgehead atoms. The topological polar surface area (TPSA) is 70.0 Å². The molecule has 1 fully saturated rings. The van der Waals surface area contributed by atoms with Gasteiger partial charge in [-0.1, -0.05) is 23.7 Å². The van der Waals surface area contributed by atoms with E-state index in [1.807, 2.05) is 32.9 Å². The lowest BCUT2D eigenvalue weighted by Crippen LogP contribution is -2.49. The van der Waals surface area contributed by atoms with Crippen LogP contribution in [0.2, 0.25) is 5.02 Å². The van der Waals surface area contributed by atoms with E-state index in [-0.39, 0.29) is 18.6 Å². The third kappa shape index (κ3) is 6.09. The summed E-state index contributed by atoms with van der Waals surface area (Å²) in [6, 6.07) is 7.31. The third-order valence-electron chi connectivity index (χ3n) is 5.04. The van der Waals surface area contributed by atoms with Gasteiger partial charge in [-0.15, -0.1) is 0 Å². The van der Waals surface area contributed by atoms with Crippen LogP contribution in [-0.2, 0) is 10.3 Å². The maximum atomic E-state index is 12.5. The zero-order chi connectivity index (χ0) is 20.1. The number of halogens is 1. The highest BCUT2D eigenvalue weighted by Gasteiger charge is 2.41. The molecule has 2 N–H and O–H groups in total. The molecule has 5 nitrogen and oxygen atoms in total. The number of piperidine rings is 1. The molecule has 0 aromatic heterocycles. The number of benzene rings is 1. The van der Waals surface area contributed by atoms with E-state index in [0.717, 1.165) is 18.4 Å². The average Bonchev–Trinajstić information content (AvgIpc) is 2.60. The minimum atomic E-state index is -1.10. The Morgan fingerprint density at radius 3 is 2.70 bits per heavy atom. The number of hydrogen-bond donors (Lipinski definition) is 2. The fourth-order valence-corrected chi connectivity index (χ4v) is 3.90. The minimum Gasteiger partial charge on any atom is -0.444 e. The summed E-state index contributed by atoms with van der Waals surface area (Å²) in [5, 5.41) is 21.4. The maximum Gasteiger partial charge on any atom is 0.410 e. The zero-order valence-corrected chi connectivity index (χ0v) is 17.3. The molecule has 152 valence electrons.